The topological polar surface area (TPSA) is 76.7 Å². The first kappa shape index (κ1) is 17.4. The van der Waals surface area contributed by atoms with Crippen LogP contribution in [0.25, 0.3) is 0 Å². The van der Waals surface area contributed by atoms with Crippen LogP contribution in [0, 0.1) is 0 Å². The maximum absolute atomic E-state index is 12.3. The number of urea groups is 1. The summed E-state index contributed by atoms with van der Waals surface area (Å²) in [5.41, 5.74) is 0.971. The Morgan fingerprint density at radius 3 is 2.48 bits per heavy atom. The molecule has 2 rings (SSSR count). The van der Waals surface area contributed by atoms with Crippen molar-refractivity contribution in [1.82, 2.24) is 10.6 Å². The van der Waals surface area contributed by atoms with Gasteiger partial charge < -0.3 is 20.1 Å². The van der Waals surface area contributed by atoms with E-state index in [0.717, 1.165) is 0 Å². The average Bonchev–Trinajstić information content (AvgIpc) is 2.54. The number of halogens is 2. The summed E-state index contributed by atoms with van der Waals surface area (Å²) in [4.78, 5) is 23.1. The SMILES string of the molecule is CCOC(=O)C1=C(C(Cl)Cl)NC(=O)NC1c1ccc(OC)cc1. The van der Waals surface area contributed by atoms with Gasteiger partial charge in [0, 0.05) is 0 Å². The van der Waals surface area contributed by atoms with Crippen molar-refractivity contribution in [2.75, 3.05) is 13.7 Å². The van der Waals surface area contributed by atoms with Gasteiger partial charge in [0.15, 0.2) is 0 Å². The van der Waals surface area contributed by atoms with E-state index < -0.39 is 22.9 Å². The van der Waals surface area contributed by atoms with Gasteiger partial charge >= 0.3 is 12.0 Å². The van der Waals surface area contributed by atoms with Crippen LogP contribution in [0.15, 0.2) is 35.5 Å². The maximum Gasteiger partial charge on any atom is 0.338 e. The molecule has 1 aliphatic heterocycles. The number of hydrogen-bond donors (Lipinski definition) is 2. The molecule has 0 aliphatic carbocycles. The summed E-state index contributed by atoms with van der Waals surface area (Å²) in [5.74, 6) is 0.0607. The van der Waals surface area contributed by atoms with Crippen LogP contribution in [0.1, 0.15) is 18.5 Å². The average molecular weight is 359 g/mol. The minimum absolute atomic E-state index is 0.122. The molecular formula is C15H16Cl2N2O4. The molecule has 1 aromatic rings. The predicted octanol–water partition coefficient (Wildman–Crippen LogP) is 2.67. The van der Waals surface area contributed by atoms with Crippen LogP contribution in [0.5, 0.6) is 5.75 Å². The van der Waals surface area contributed by atoms with Gasteiger partial charge in [0.1, 0.15) is 10.6 Å². The fourth-order valence-corrected chi connectivity index (χ4v) is 2.58. The van der Waals surface area contributed by atoms with E-state index in [4.69, 9.17) is 32.7 Å². The van der Waals surface area contributed by atoms with Gasteiger partial charge in [0.2, 0.25) is 0 Å². The van der Waals surface area contributed by atoms with Crippen LogP contribution in [0.3, 0.4) is 0 Å². The number of carbonyl (C=O) groups is 2. The smallest absolute Gasteiger partial charge is 0.338 e. The van der Waals surface area contributed by atoms with Gasteiger partial charge in [-0.2, -0.15) is 0 Å². The number of benzene rings is 1. The number of alkyl halides is 2. The number of methoxy groups -OCH3 is 1. The highest BCUT2D eigenvalue weighted by Gasteiger charge is 2.35. The van der Waals surface area contributed by atoms with Crippen LogP contribution in [-0.2, 0) is 9.53 Å². The van der Waals surface area contributed by atoms with Crippen molar-refractivity contribution in [1.29, 1.82) is 0 Å². The molecule has 0 saturated heterocycles. The fourth-order valence-electron chi connectivity index (χ4n) is 2.24. The summed E-state index contributed by atoms with van der Waals surface area (Å²) >= 11 is 11.8. The molecule has 0 saturated carbocycles. The highest BCUT2D eigenvalue weighted by molar-refractivity contribution is 6.46. The lowest BCUT2D eigenvalue weighted by Crippen LogP contribution is -2.47. The Labute approximate surface area is 143 Å². The first-order chi connectivity index (χ1) is 11.0. The van der Waals surface area contributed by atoms with Crippen LogP contribution in [0.4, 0.5) is 4.79 Å². The van der Waals surface area contributed by atoms with Crippen molar-refractivity contribution < 1.29 is 19.1 Å². The zero-order chi connectivity index (χ0) is 17.0. The predicted molar refractivity (Wildman–Crippen MR) is 86.6 cm³/mol. The quantitative estimate of drug-likeness (QED) is 0.626. The van der Waals surface area contributed by atoms with Gasteiger partial charge in [0.25, 0.3) is 0 Å². The van der Waals surface area contributed by atoms with E-state index in [1.165, 1.54) is 0 Å². The second kappa shape index (κ2) is 7.57. The Bertz CT molecular complexity index is 629. The summed E-state index contributed by atoms with van der Waals surface area (Å²) < 4.78 is 10.2. The molecule has 0 fully saturated rings. The third kappa shape index (κ3) is 3.89. The summed E-state index contributed by atoms with van der Waals surface area (Å²) in [5, 5.41) is 5.15. The van der Waals surface area contributed by atoms with Crippen molar-refractivity contribution in [2.24, 2.45) is 0 Å². The largest absolute Gasteiger partial charge is 0.497 e. The molecule has 1 aliphatic rings. The number of rotatable bonds is 5. The third-order valence-electron chi connectivity index (χ3n) is 3.27. The van der Waals surface area contributed by atoms with E-state index in [1.54, 1.807) is 38.3 Å². The second-order valence-electron chi connectivity index (χ2n) is 4.65. The minimum atomic E-state index is -1.07. The summed E-state index contributed by atoms with van der Waals surface area (Å²) in [7, 11) is 1.55. The maximum atomic E-state index is 12.3. The van der Waals surface area contributed by atoms with Crippen LogP contribution in [0.2, 0.25) is 0 Å². The van der Waals surface area contributed by atoms with Crippen molar-refractivity contribution in [3.05, 3.63) is 41.1 Å². The summed E-state index contributed by atoms with van der Waals surface area (Å²) in [6.07, 6.45) is 0. The molecule has 0 aromatic heterocycles. The van der Waals surface area contributed by atoms with E-state index in [0.29, 0.717) is 11.3 Å². The number of hydrogen-bond acceptors (Lipinski definition) is 4. The molecular weight excluding hydrogens is 343 g/mol. The highest BCUT2D eigenvalue weighted by atomic mass is 35.5. The Balaban J connectivity index is 2.49. The van der Waals surface area contributed by atoms with Gasteiger partial charge in [-0.25, -0.2) is 9.59 Å². The molecule has 2 N–H and O–H groups in total. The zero-order valence-corrected chi connectivity index (χ0v) is 14.1. The fraction of sp³-hybridized carbons (Fsp3) is 0.333. The Kier molecular flexibility index (Phi) is 5.74. The van der Waals surface area contributed by atoms with Gasteiger partial charge in [-0.3, -0.25) is 0 Å². The molecule has 0 spiro atoms. The number of ether oxygens (including phenoxy) is 2. The lowest BCUT2D eigenvalue weighted by atomic mass is 9.95. The minimum Gasteiger partial charge on any atom is -0.497 e. The van der Waals surface area contributed by atoms with Gasteiger partial charge in [0.05, 0.1) is 31.0 Å². The van der Waals surface area contributed by atoms with Crippen molar-refractivity contribution in [2.45, 2.75) is 17.8 Å². The molecule has 124 valence electrons. The summed E-state index contributed by atoms with van der Waals surface area (Å²) in [6.45, 7) is 1.88. The first-order valence-electron chi connectivity index (χ1n) is 6.88. The van der Waals surface area contributed by atoms with Gasteiger partial charge in [-0.05, 0) is 24.6 Å². The zero-order valence-electron chi connectivity index (χ0n) is 12.6. The molecule has 1 atom stereocenters. The Morgan fingerprint density at radius 1 is 1.30 bits per heavy atom. The van der Waals surface area contributed by atoms with Gasteiger partial charge in [-0.1, -0.05) is 35.3 Å². The number of nitrogens with one attached hydrogen (secondary N) is 2. The van der Waals surface area contributed by atoms with Crippen molar-refractivity contribution in [3.63, 3.8) is 0 Å². The van der Waals surface area contributed by atoms with Crippen LogP contribution in [-0.4, -0.2) is 30.6 Å². The van der Waals surface area contributed by atoms with E-state index in [9.17, 15) is 9.59 Å². The molecule has 0 bridgehead atoms. The monoisotopic (exact) mass is 358 g/mol. The number of allylic oxidation sites excluding steroid dienone is 1. The molecule has 8 heteroatoms. The second-order valence-corrected chi connectivity index (χ2v) is 5.75. The Morgan fingerprint density at radius 2 is 1.96 bits per heavy atom. The van der Waals surface area contributed by atoms with E-state index in [-0.39, 0.29) is 17.9 Å². The lowest BCUT2D eigenvalue weighted by molar-refractivity contribution is -0.139. The van der Waals surface area contributed by atoms with Crippen LogP contribution >= 0.6 is 23.2 Å². The number of esters is 1. The third-order valence-corrected chi connectivity index (χ3v) is 3.70. The number of amides is 2. The molecule has 23 heavy (non-hydrogen) atoms. The summed E-state index contributed by atoms with van der Waals surface area (Å²) in [6, 6.07) is 5.71. The lowest BCUT2D eigenvalue weighted by Gasteiger charge is -2.29. The van der Waals surface area contributed by atoms with E-state index in [1.807, 2.05) is 0 Å². The first-order valence-corrected chi connectivity index (χ1v) is 7.76. The molecule has 1 heterocycles. The molecule has 0 radical (unpaired) electrons. The standard InChI is InChI=1S/C15H16Cl2N2O4/c1-3-23-14(20)10-11(8-4-6-9(22-2)7-5-8)18-15(21)19-12(10)13(16)17/h4-7,11,13H,3H2,1-2H3,(H2,18,19,21). The normalized spacial score (nSPS) is 17.6. The van der Waals surface area contributed by atoms with E-state index >= 15 is 0 Å². The highest BCUT2D eigenvalue weighted by Crippen LogP contribution is 2.32. The van der Waals surface area contributed by atoms with E-state index in [2.05, 4.69) is 10.6 Å². The molecule has 1 unspecified atom stereocenters. The van der Waals surface area contributed by atoms with Crippen LogP contribution < -0.4 is 15.4 Å². The Hall–Kier alpha value is -1.92. The number of carbonyl (C=O) groups excluding carboxylic acids is 2. The molecule has 2 amide bonds. The molecule has 1 aromatic carbocycles. The molecule has 6 nitrogen and oxygen atoms in total. The van der Waals surface area contributed by atoms with Gasteiger partial charge in [-0.15, -0.1) is 0 Å². The van der Waals surface area contributed by atoms with Crippen molar-refractivity contribution in [3.8, 4) is 5.75 Å². The van der Waals surface area contributed by atoms with Crippen molar-refractivity contribution >= 4 is 35.2 Å².